The molecule has 19 heavy (non-hydrogen) atoms. The molecular formula is C13H13N3O2S. The second-order valence-electron chi connectivity index (χ2n) is 5.03. The van der Waals surface area contributed by atoms with Gasteiger partial charge in [-0.1, -0.05) is 0 Å². The van der Waals surface area contributed by atoms with E-state index in [1.54, 1.807) is 18.2 Å². The van der Waals surface area contributed by atoms with Gasteiger partial charge in [0.15, 0.2) is 5.58 Å². The van der Waals surface area contributed by atoms with E-state index in [0.29, 0.717) is 29.0 Å². The van der Waals surface area contributed by atoms with Gasteiger partial charge in [-0.05, 0) is 36.5 Å². The van der Waals surface area contributed by atoms with Crippen molar-refractivity contribution in [2.24, 2.45) is 5.41 Å². The molecule has 1 fully saturated rings. The second-order valence-corrected chi connectivity index (χ2v) is 6.36. The van der Waals surface area contributed by atoms with Gasteiger partial charge in [0.05, 0.1) is 6.07 Å². The molecule has 1 aliphatic rings. The van der Waals surface area contributed by atoms with Crippen molar-refractivity contribution in [1.82, 2.24) is 4.98 Å². The minimum atomic E-state index is -1.30. The van der Waals surface area contributed by atoms with Crippen LogP contribution in [0.4, 0.5) is 5.69 Å². The summed E-state index contributed by atoms with van der Waals surface area (Å²) >= 11 is 0. The number of benzene rings is 1. The monoisotopic (exact) mass is 275 g/mol. The third-order valence-electron chi connectivity index (χ3n) is 3.44. The number of hydrogen-bond acceptors (Lipinski definition) is 5. The number of aromatic nitrogens is 1. The Morgan fingerprint density at radius 1 is 1.53 bits per heavy atom. The van der Waals surface area contributed by atoms with Crippen LogP contribution in [0.25, 0.3) is 11.1 Å². The van der Waals surface area contributed by atoms with Crippen molar-refractivity contribution in [3.8, 4) is 6.07 Å². The van der Waals surface area contributed by atoms with Crippen LogP contribution in [0.1, 0.15) is 19.3 Å². The maximum atomic E-state index is 12.2. The molecule has 1 aromatic carbocycles. The van der Waals surface area contributed by atoms with Crippen LogP contribution < -0.4 is 5.73 Å². The minimum absolute atomic E-state index is 0.0840. The quantitative estimate of drug-likeness (QED) is 0.863. The summed E-state index contributed by atoms with van der Waals surface area (Å²) in [5, 5.41) is 8.99. The van der Waals surface area contributed by atoms with E-state index in [4.69, 9.17) is 15.4 Å². The van der Waals surface area contributed by atoms with Gasteiger partial charge in [-0.15, -0.1) is 0 Å². The fourth-order valence-electron chi connectivity index (χ4n) is 2.08. The first-order chi connectivity index (χ1) is 9.12. The zero-order chi connectivity index (χ0) is 13.5. The van der Waals surface area contributed by atoms with Crippen molar-refractivity contribution in [3.63, 3.8) is 0 Å². The van der Waals surface area contributed by atoms with E-state index in [2.05, 4.69) is 11.1 Å². The van der Waals surface area contributed by atoms with Gasteiger partial charge in [0.1, 0.15) is 16.3 Å². The maximum absolute atomic E-state index is 12.2. The van der Waals surface area contributed by atoms with Crippen LogP contribution in [0.3, 0.4) is 0 Å². The lowest BCUT2D eigenvalue weighted by molar-refractivity contribution is 0.472. The summed E-state index contributed by atoms with van der Waals surface area (Å²) in [7, 11) is -1.30. The number of oxazole rings is 1. The number of hydrogen-bond donors (Lipinski definition) is 1. The van der Waals surface area contributed by atoms with Crippen molar-refractivity contribution >= 4 is 27.6 Å². The predicted octanol–water partition coefficient (Wildman–Crippen LogP) is 2.21. The van der Waals surface area contributed by atoms with Crippen LogP contribution >= 0.6 is 0 Å². The summed E-state index contributed by atoms with van der Waals surface area (Å²) < 4.78 is 17.7. The molecule has 2 aromatic rings. The average Bonchev–Trinajstić information content (AvgIpc) is 2.98. The summed E-state index contributed by atoms with van der Waals surface area (Å²) in [4.78, 5) is 4.22. The number of anilines is 1. The Hall–Kier alpha value is -1.87. The lowest BCUT2D eigenvalue weighted by Gasteiger charge is -2.07. The number of nitrogens with two attached hydrogens (primary N) is 1. The Morgan fingerprint density at radius 3 is 3.00 bits per heavy atom. The molecule has 2 N–H and O–H groups in total. The smallest absolute Gasteiger partial charge is 0.287 e. The van der Waals surface area contributed by atoms with Crippen LogP contribution in [-0.2, 0) is 10.8 Å². The Balaban J connectivity index is 1.84. The average molecular weight is 275 g/mol. The van der Waals surface area contributed by atoms with Gasteiger partial charge in [-0.2, -0.15) is 5.26 Å². The number of nitrogen functional groups attached to an aromatic ring is 1. The van der Waals surface area contributed by atoms with Gasteiger partial charge in [0.25, 0.3) is 5.22 Å². The molecule has 1 atom stereocenters. The van der Waals surface area contributed by atoms with E-state index in [-0.39, 0.29) is 10.6 Å². The number of fused-ring (bicyclic) bond motifs is 1. The van der Waals surface area contributed by atoms with Gasteiger partial charge < -0.3 is 10.2 Å². The highest BCUT2D eigenvalue weighted by molar-refractivity contribution is 7.84. The first-order valence-electron chi connectivity index (χ1n) is 6.03. The summed E-state index contributed by atoms with van der Waals surface area (Å²) in [6.45, 7) is 0. The lowest BCUT2D eigenvalue weighted by Crippen LogP contribution is -2.12. The number of nitriles is 1. The molecule has 0 saturated heterocycles. The first-order valence-corrected chi connectivity index (χ1v) is 7.35. The third-order valence-corrected chi connectivity index (χ3v) is 4.87. The molecule has 5 nitrogen and oxygen atoms in total. The van der Waals surface area contributed by atoms with Crippen LogP contribution in [-0.4, -0.2) is 14.9 Å². The second kappa shape index (κ2) is 4.35. The maximum Gasteiger partial charge on any atom is 0.287 e. The molecule has 3 rings (SSSR count). The van der Waals surface area contributed by atoms with E-state index in [0.717, 1.165) is 12.8 Å². The topological polar surface area (TPSA) is 92.9 Å². The van der Waals surface area contributed by atoms with Crippen molar-refractivity contribution < 1.29 is 8.63 Å². The number of rotatable bonds is 4. The zero-order valence-corrected chi connectivity index (χ0v) is 11.1. The lowest BCUT2D eigenvalue weighted by atomic mass is 10.1. The molecule has 1 unspecified atom stereocenters. The van der Waals surface area contributed by atoms with E-state index in [1.807, 2.05) is 0 Å². The molecule has 1 aliphatic carbocycles. The summed E-state index contributed by atoms with van der Waals surface area (Å²) in [5.41, 5.74) is 7.39. The number of nitrogens with zero attached hydrogens (tertiary/aromatic N) is 2. The van der Waals surface area contributed by atoms with Crippen LogP contribution in [0.15, 0.2) is 27.8 Å². The molecule has 0 radical (unpaired) electrons. The van der Waals surface area contributed by atoms with E-state index < -0.39 is 10.8 Å². The van der Waals surface area contributed by atoms with Crippen molar-refractivity contribution in [2.75, 3.05) is 11.5 Å². The van der Waals surface area contributed by atoms with Gasteiger partial charge in [-0.3, -0.25) is 0 Å². The molecule has 0 amide bonds. The molecule has 98 valence electrons. The van der Waals surface area contributed by atoms with Crippen LogP contribution in [0, 0.1) is 16.7 Å². The van der Waals surface area contributed by atoms with Crippen molar-refractivity contribution in [1.29, 1.82) is 5.26 Å². The van der Waals surface area contributed by atoms with E-state index in [9.17, 15) is 4.21 Å². The Morgan fingerprint density at radius 2 is 2.32 bits per heavy atom. The molecule has 1 heterocycles. The van der Waals surface area contributed by atoms with Gasteiger partial charge in [0.2, 0.25) is 0 Å². The first kappa shape index (κ1) is 12.2. The minimum Gasteiger partial charge on any atom is -0.430 e. The molecule has 6 heteroatoms. The van der Waals surface area contributed by atoms with Gasteiger partial charge in [0, 0.05) is 17.9 Å². The zero-order valence-electron chi connectivity index (χ0n) is 10.3. The van der Waals surface area contributed by atoms with Crippen molar-refractivity contribution in [2.45, 2.75) is 24.5 Å². The highest BCUT2D eigenvalue weighted by Gasteiger charge is 2.44. The fraction of sp³-hybridized carbons (Fsp3) is 0.385. The summed E-state index contributed by atoms with van der Waals surface area (Å²) in [5.74, 6) is 0.447. The van der Waals surface area contributed by atoms with Gasteiger partial charge >= 0.3 is 0 Å². The van der Waals surface area contributed by atoms with Gasteiger partial charge in [-0.25, -0.2) is 9.19 Å². The Labute approximate surface area is 112 Å². The molecule has 1 saturated carbocycles. The molecule has 1 aromatic heterocycles. The molecule has 0 aliphatic heterocycles. The van der Waals surface area contributed by atoms with Crippen LogP contribution in [0.5, 0.6) is 0 Å². The fourth-order valence-corrected chi connectivity index (χ4v) is 3.53. The summed E-state index contributed by atoms with van der Waals surface area (Å²) in [6, 6.07) is 7.30. The highest BCUT2D eigenvalue weighted by Crippen LogP contribution is 2.49. The van der Waals surface area contributed by atoms with Crippen LogP contribution in [0.2, 0.25) is 0 Å². The standard InChI is InChI=1S/C13H13N3O2S/c14-6-5-13(3-4-13)8-19(17)12-16-10-7-9(15)1-2-11(10)18-12/h1-2,7H,3-5,8,15H2. The SMILES string of the molecule is N#CCC1(CS(=O)c2nc3cc(N)ccc3o2)CC1. The normalized spacial score (nSPS) is 18.1. The molecular weight excluding hydrogens is 262 g/mol. The van der Waals surface area contributed by atoms with Crippen molar-refractivity contribution in [3.05, 3.63) is 18.2 Å². The molecule has 0 spiro atoms. The highest BCUT2D eigenvalue weighted by atomic mass is 32.2. The Kier molecular flexibility index (Phi) is 2.79. The molecule has 0 bridgehead atoms. The predicted molar refractivity (Wildman–Crippen MR) is 71.6 cm³/mol. The summed E-state index contributed by atoms with van der Waals surface area (Å²) in [6.07, 6.45) is 2.37. The van der Waals surface area contributed by atoms with E-state index in [1.165, 1.54) is 0 Å². The van der Waals surface area contributed by atoms with E-state index >= 15 is 0 Å². The largest absolute Gasteiger partial charge is 0.430 e. The third kappa shape index (κ3) is 2.34. The Bertz CT molecular complexity index is 697.